The molecule has 0 aliphatic rings. The average molecular weight is 290 g/mol. The summed E-state index contributed by atoms with van der Waals surface area (Å²) in [5, 5.41) is 8.01. The van der Waals surface area contributed by atoms with E-state index in [2.05, 4.69) is 14.2 Å². The van der Waals surface area contributed by atoms with Gasteiger partial charge in [-0.2, -0.15) is 0 Å². The summed E-state index contributed by atoms with van der Waals surface area (Å²) in [6.45, 7) is 0. The molecule has 0 bridgehead atoms. The molecule has 0 aliphatic heterocycles. The Kier molecular flexibility index (Phi) is 6.38. The first-order chi connectivity index (χ1) is 7.58. The molecule has 0 saturated carbocycles. The van der Waals surface area contributed by atoms with Crippen molar-refractivity contribution in [2.45, 2.75) is 0 Å². The molecule has 1 aromatic rings. The monoisotopic (exact) mass is 289 g/mol. The minimum Gasteiger partial charge on any atom is -0.449 e. The van der Waals surface area contributed by atoms with Crippen molar-refractivity contribution in [1.82, 2.24) is 0 Å². The van der Waals surface area contributed by atoms with Crippen LogP contribution in [0, 0.1) is 0 Å². The number of carbonyl (C=O) groups excluding carboxylic acids is 2. The third kappa shape index (κ3) is 6.18. The molecule has 1 aromatic carbocycles. The molecule has 7 nitrogen and oxygen atoms in total. The van der Waals surface area contributed by atoms with Crippen molar-refractivity contribution < 1.29 is 50.8 Å². The van der Waals surface area contributed by atoms with Crippen LogP contribution in [0.4, 0.5) is 14.4 Å². The maximum absolute atomic E-state index is 10.9. The fraction of sp³-hybridized carbons (Fsp3) is 0. The van der Waals surface area contributed by atoms with Crippen LogP contribution in [0.1, 0.15) is 0 Å². The van der Waals surface area contributed by atoms with Gasteiger partial charge in [-0.15, -0.1) is 0 Å². The number of ether oxygens (including phenoxy) is 3. The predicted octanol–water partition coefficient (Wildman–Crippen LogP) is 2.01. The topological polar surface area (TPSA) is 99.1 Å². The van der Waals surface area contributed by atoms with E-state index < -0.39 is 18.5 Å². The Morgan fingerprint density at radius 2 is 1.53 bits per heavy atom. The van der Waals surface area contributed by atoms with E-state index in [9.17, 15) is 14.4 Å². The van der Waals surface area contributed by atoms with Crippen LogP contribution in [0.5, 0.6) is 5.75 Å². The largest absolute Gasteiger partial charge is 0.528 e. The molecule has 0 spiro atoms. The summed E-state index contributed by atoms with van der Waals surface area (Å²) >= 11 is 0. The molecule has 0 unspecified atom stereocenters. The Bertz CT molecular complexity index is 403. The van der Waals surface area contributed by atoms with Gasteiger partial charge < -0.3 is 19.3 Å². The van der Waals surface area contributed by atoms with Gasteiger partial charge in [0.05, 0.1) is 0 Å². The van der Waals surface area contributed by atoms with Crippen LogP contribution in [0.3, 0.4) is 0 Å². The molecule has 0 aliphatic carbocycles. The van der Waals surface area contributed by atoms with Crippen LogP contribution < -0.4 is 4.74 Å². The van der Waals surface area contributed by atoms with Gasteiger partial charge in [-0.05, 0) is 12.1 Å². The average Bonchev–Trinajstić information content (AvgIpc) is 2.17. The Balaban J connectivity index is 0.00000256. The van der Waals surface area contributed by atoms with Gasteiger partial charge in [-0.1, -0.05) is 18.2 Å². The molecular formula is C9H6CuO7. The summed E-state index contributed by atoms with van der Waals surface area (Å²) in [6.07, 6.45) is -4.93. The molecule has 0 atom stereocenters. The summed E-state index contributed by atoms with van der Waals surface area (Å²) in [6, 6.07) is 7.78. The van der Waals surface area contributed by atoms with Gasteiger partial charge in [-0.25, -0.2) is 14.4 Å². The Labute approximate surface area is 106 Å². The third-order valence-electron chi connectivity index (χ3n) is 1.28. The zero-order valence-corrected chi connectivity index (χ0v) is 9.03. The van der Waals surface area contributed by atoms with Crippen LogP contribution >= 0.6 is 0 Å². The second-order valence-electron chi connectivity index (χ2n) is 2.39. The Hall–Kier alpha value is -2.05. The summed E-state index contributed by atoms with van der Waals surface area (Å²) in [5.74, 6) is 0.149. The van der Waals surface area contributed by atoms with Crippen molar-refractivity contribution in [3.63, 3.8) is 0 Å². The summed E-state index contributed by atoms with van der Waals surface area (Å²) in [5.41, 5.74) is 0. The first-order valence-electron chi connectivity index (χ1n) is 3.97. The number of hydrogen-bond acceptors (Lipinski definition) is 6. The predicted molar refractivity (Wildman–Crippen MR) is 48.1 cm³/mol. The fourth-order valence-electron chi connectivity index (χ4n) is 0.766. The maximum atomic E-state index is 10.9. The molecule has 0 amide bonds. The number of carbonyl (C=O) groups is 3. The van der Waals surface area contributed by atoms with Crippen molar-refractivity contribution in [2.24, 2.45) is 0 Å². The molecule has 8 heteroatoms. The Morgan fingerprint density at radius 3 is 2.06 bits per heavy atom. The number of rotatable bonds is 1. The summed E-state index contributed by atoms with van der Waals surface area (Å²) in [4.78, 5) is 31.3. The van der Waals surface area contributed by atoms with Gasteiger partial charge in [0.1, 0.15) is 5.75 Å². The number of para-hydroxylation sites is 1. The molecule has 1 rings (SSSR count). The first kappa shape index (κ1) is 14.9. The van der Waals surface area contributed by atoms with E-state index >= 15 is 0 Å². The minimum atomic E-state index is -1.88. The molecular weight excluding hydrogens is 284 g/mol. The van der Waals surface area contributed by atoms with Crippen molar-refractivity contribution in [1.29, 1.82) is 0 Å². The molecule has 0 aromatic heterocycles. The zero-order chi connectivity index (χ0) is 12.0. The molecule has 17 heavy (non-hydrogen) atoms. The van der Waals surface area contributed by atoms with Gasteiger partial charge in [-0.3, -0.25) is 0 Å². The third-order valence-corrected chi connectivity index (χ3v) is 1.28. The van der Waals surface area contributed by atoms with Gasteiger partial charge in [0, 0.05) is 17.1 Å². The summed E-state index contributed by atoms with van der Waals surface area (Å²) < 4.78 is 11.9. The van der Waals surface area contributed by atoms with E-state index in [1.54, 1.807) is 18.2 Å². The molecule has 95 valence electrons. The van der Waals surface area contributed by atoms with Gasteiger partial charge in [0.25, 0.3) is 0 Å². The van der Waals surface area contributed by atoms with Gasteiger partial charge in [0.15, 0.2) is 0 Å². The normalized spacial score (nSPS) is 8.47. The summed E-state index contributed by atoms with van der Waals surface area (Å²) in [7, 11) is 0. The van der Waals surface area contributed by atoms with Crippen LogP contribution in [0.2, 0.25) is 0 Å². The van der Waals surface area contributed by atoms with E-state index in [1.165, 1.54) is 12.1 Å². The number of hydrogen-bond donors (Lipinski definition) is 1. The molecule has 1 radical (unpaired) electrons. The van der Waals surface area contributed by atoms with E-state index in [-0.39, 0.29) is 22.8 Å². The van der Waals surface area contributed by atoms with E-state index in [1.807, 2.05) is 0 Å². The van der Waals surface area contributed by atoms with Crippen molar-refractivity contribution in [2.75, 3.05) is 0 Å². The second kappa shape index (κ2) is 7.26. The quantitative estimate of drug-likeness (QED) is 0.365. The number of benzene rings is 1. The van der Waals surface area contributed by atoms with E-state index in [0.29, 0.717) is 0 Å². The number of carboxylic acid groups (broad SMARTS) is 1. The molecule has 0 fully saturated rings. The van der Waals surface area contributed by atoms with E-state index in [0.717, 1.165) is 0 Å². The van der Waals surface area contributed by atoms with Gasteiger partial charge in [0.2, 0.25) is 0 Å². The van der Waals surface area contributed by atoms with E-state index in [4.69, 9.17) is 5.11 Å². The Morgan fingerprint density at radius 1 is 0.941 bits per heavy atom. The van der Waals surface area contributed by atoms with Crippen LogP contribution in [0.25, 0.3) is 0 Å². The minimum absolute atomic E-state index is 0. The maximum Gasteiger partial charge on any atom is 0.528 e. The first-order valence-corrected chi connectivity index (χ1v) is 3.97. The van der Waals surface area contributed by atoms with Crippen LogP contribution in [-0.4, -0.2) is 23.6 Å². The van der Waals surface area contributed by atoms with Crippen LogP contribution in [0.15, 0.2) is 30.3 Å². The smallest absolute Gasteiger partial charge is 0.449 e. The standard InChI is InChI=1S/C9H6O7.Cu/c10-7(11)15-9(13)16-8(12)14-6-4-2-1-3-5-6;/h1-5H,(H,10,11);. The molecule has 1 N–H and O–H groups in total. The SMILES string of the molecule is O=C(O)OC(=O)OC(=O)Oc1ccccc1.[Cu]. The molecule has 0 heterocycles. The van der Waals surface area contributed by atoms with Crippen molar-refractivity contribution >= 4 is 18.5 Å². The molecule has 0 saturated heterocycles. The zero-order valence-electron chi connectivity index (χ0n) is 8.08. The fourth-order valence-corrected chi connectivity index (χ4v) is 0.766. The van der Waals surface area contributed by atoms with Gasteiger partial charge >= 0.3 is 18.5 Å². The van der Waals surface area contributed by atoms with Crippen molar-refractivity contribution in [3.8, 4) is 5.75 Å². The van der Waals surface area contributed by atoms with Crippen molar-refractivity contribution in [3.05, 3.63) is 30.3 Å². The van der Waals surface area contributed by atoms with Crippen LogP contribution in [-0.2, 0) is 26.5 Å². The second-order valence-corrected chi connectivity index (χ2v) is 2.39.